The van der Waals surface area contributed by atoms with Gasteiger partial charge in [-0.05, 0) is 26.3 Å². The number of halogens is 3. The van der Waals surface area contributed by atoms with Crippen molar-refractivity contribution >= 4 is 12.1 Å². The van der Waals surface area contributed by atoms with Gasteiger partial charge in [-0.3, -0.25) is 4.79 Å². The third kappa shape index (κ3) is 5.37. The van der Waals surface area contributed by atoms with Gasteiger partial charge in [0, 0.05) is 12.3 Å². The molecule has 140 valence electrons. The van der Waals surface area contributed by atoms with Crippen LogP contribution in [0, 0.1) is 0 Å². The molecule has 0 saturated carbocycles. The van der Waals surface area contributed by atoms with Crippen LogP contribution in [0.5, 0.6) is 5.88 Å². The minimum atomic E-state index is -4.70. The molecule has 5 nitrogen and oxygen atoms in total. The number of benzene rings is 1. The van der Waals surface area contributed by atoms with Crippen LogP contribution < -0.4 is 4.74 Å². The number of carbonyl (C=O) groups is 2. The van der Waals surface area contributed by atoms with Crippen molar-refractivity contribution in [2.75, 3.05) is 0 Å². The molecule has 0 atom stereocenters. The van der Waals surface area contributed by atoms with Gasteiger partial charge in [-0.25, -0.2) is 9.36 Å². The van der Waals surface area contributed by atoms with E-state index in [2.05, 4.69) is 0 Å². The first kappa shape index (κ1) is 19.6. The highest BCUT2D eigenvalue weighted by atomic mass is 19.4. The molecule has 2 rings (SSSR count). The molecule has 2 aromatic rings. The molecule has 0 aliphatic heterocycles. The largest absolute Gasteiger partial charge is 0.443 e. The Morgan fingerprint density at radius 1 is 1.08 bits per heavy atom. The fourth-order valence-corrected chi connectivity index (χ4v) is 2.05. The van der Waals surface area contributed by atoms with Crippen LogP contribution in [0.15, 0.2) is 42.6 Å². The number of nitrogens with zero attached hydrogens (tertiary/aromatic N) is 1. The lowest BCUT2D eigenvalue weighted by Gasteiger charge is -2.20. The van der Waals surface area contributed by atoms with Gasteiger partial charge >= 0.3 is 18.2 Å². The maximum atomic E-state index is 13.0. The third-order valence-corrected chi connectivity index (χ3v) is 3.11. The molecule has 0 bridgehead atoms. The quantitative estimate of drug-likeness (QED) is 0.751. The zero-order chi connectivity index (χ0) is 19.5. The molecule has 0 N–H and O–H groups in total. The first-order valence-electron chi connectivity index (χ1n) is 7.73. The summed E-state index contributed by atoms with van der Waals surface area (Å²) in [6, 6.07) is 9.14. The maximum Gasteiger partial charge on any atom is 0.421 e. The van der Waals surface area contributed by atoms with Crippen molar-refractivity contribution in [1.82, 2.24) is 4.57 Å². The number of ether oxygens (including phenoxy) is 2. The fraction of sp³-hybridized carbons (Fsp3) is 0.333. The fourth-order valence-electron chi connectivity index (χ4n) is 2.05. The molecule has 0 spiro atoms. The summed E-state index contributed by atoms with van der Waals surface area (Å²) in [4.78, 5) is 24.2. The number of aromatic nitrogens is 1. The highest BCUT2D eigenvalue weighted by molar-refractivity contribution is 5.78. The van der Waals surface area contributed by atoms with E-state index in [1.165, 1.54) is 0 Å². The van der Waals surface area contributed by atoms with E-state index < -0.39 is 35.3 Å². The lowest BCUT2D eigenvalue weighted by molar-refractivity contribution is -0.138. The van der Waals surface area contributed by atoms with Gasteiger partial charge in [0.05, 0.1) is 12.0 Å². The van der Waals surface area contributed by atoms with Gasteiger partial charge < -0.3 is 9.47 Å². The first-order valence-corrected chi connectivity index (χ1v) is 7.73. The van der Waals surface area contributed by atoms with E-state index in [0.29, 0.717) is 22.4 Å². The Labute approximate surface area is 148 Å². The van der Waals surface area contributed by atoms with E-state index in [0.717, 1.165) is 0 Å². The minimum Gasteiger partial charge on any atom is -0.443 e. The zero-order valence-corrected chi connectivity index (χ0v) is 14.5. The van der Waals surface area contributed by atoms with E-state index in [1.54, 1.807) is 51.1 Å². The number of hydrogen-bond acceptors (Lipinski definition) is 4. The molecule has 1 aromatic heterocycles. The summed E-state index contributed by atoms with van der Waals surface area (Å²) in [6.45, 7) is 4.71. The van der Waals surface area contributed by atoms with Gasteiger partial charge in [0.2, 0.25) is 5.88 Å². The van der Waals surface area contributed by atoms with Crippen LogP contribution in [-0.4, -0.2) is 22.2 Å². The maximum absolute atomic E-state index is 13.0. The van der Waals surface area contributed by atoms with Crippen LogP contribution >= 0.6 is 0 Å². The molecular weight excluding hydrogens is 351 g/mol. The monoisotopic (exact) mass is 369 g/mol. The van der Waals surface area contributed by atoms with E-state index in [4.69, 9.17) is 9.47 Å². The molecule has 1 aromatic carbocycles. The summed E-state index contributed by atoms with van der Waals surface area (Å²) in [5, 5.41) is 0. The van der Waals surface area contributed by atoms with Gasteiger partial charge in [0.25, 0.3) is 0 Å². The van der Waals surface area contributed by atoms with E-state index in [-0.39, 0.29) is 6.42 Å². The van der Waals surface area contributed by atoms with E-state index in [1.807, 2.05) is 0 Å². The van der Waals surface area contributed by atoms with Crippen molar-refractivity contribution in [2.45, 2.75) is 39.0 Å². The molecule has 1 heterocycles. The molecule has 26 heavy (non-hydrogen) atoms. The second-order valence-electron chi connectivity index (χ2n) is 6.55. The van der Waals surface area contributed by atoms with Crippen molar-refractivity contribution in [3.05, 3.63) is 53.7 Å². The van der Waals surface area contributed by atoms with Crippen LogP contribution in [0.25, 0.3) is 0 Å². The summed E-state index contributed by atoms with van der Waals surface area (Å²) in [5.74, 6) is -1.35. The van der Waals surface area contributed by atoms with E-state index >= 15 is 0 Å². The Kier molecular flexibility index (Phi) is 5.44. The molecule has 0 radical (unpaired) electrons. The lowest BCUT2D eigenvalue weighted by atomic mass is 10.2. The Hall–Kier alpha value is -2.77. The molecule has 8 heteroatoms. The van der Waals surface area contributed by atoms with Crippen molar-refractivity contribution in [1.29, 1.82) is 0 Å². The summed E-state index contributed by atoms with van der Waals surface area (Å²) >= 11 is 0. The summed E-state index contributed by atoms with van der Waals surface area (Å²) in [6.07, 6.45) is -5.38. The Morgan fingerprint density at radius 3 is 2.23 bits per heavy atom. The van der Waals surface area contributed by atoms with Crippen LogP contribution in [-0.2, 0) is 22.1 Å². The predicted octanol–water partition coefficient (Wildman–Crippen LogP) is 4.44. The SMILES string of the molecule is CC(C)(C)OC(=O)n1cc(C(F)(F)F)cc1OC(=O)Cc1ccccc1. The van der Waals surface area contributed by atoms with Gasteiger partial charge in [0.15, 0.2) is 0 Å². The molecule has 0 aliphatic rings. The summed E-state index contributed by atoms with van der Waals surface area (Å²) < 4.78 is 49.5. The highest BCUT2D eigenvalue weighted by Crippen LogP contribution is 2.33. The summed E-state index contributed by atoms with van der Waals surface area (Å²) in [7, 11) is 0. The number of esters is 1. The molecule has 0 fully saturated rings. The third-order valence-electron chi connectivity index (χ3n) is 3.11. The normalized spacial score (nSPS) is 11.9. The van der Waals surface area contributed by atoms with Gasteiger partial charge in [-0.1, -0.05) is 30.3 Å². The second-order valence-corrected chi connectivity index (χ2v) is 6.55. The Morgan fingerprint density at radius 2 is 1.69 bits per heavy atom. The molecular formula is C18H18F3NO4. The van der Waals surface area contributed by atoms with Crippen LogP contribution in [0.4, 0.5) is 18.0 Å². The van der Waals surface area contributed by atoms with Crippen LogP contribution in [0.2, 0.25) is 0 Å². The predicted molar refractivity (Wildman–Crippen MR) is 86.8 cm³/mol. The van der Waals surface area contributed by atoms with Gasteiger partial charge in [-0.15, -0.1) is 0 Å². The number of carbonyl (C=O) groups excluding carboxylic acids is 2. The molecule has 0 saturated heterocycles. The highest BCUT2D eigenvalue weighted by Gasteiger charge is 2.35. The zero-order valence-electron chi connectivity index (χ0n) is 14.5. The molecule has 0 aliphatic carbocycles. The smallest absolute Gasteiger partial charge is 0.421 e. The molecule has 0 amide bonds. The Balaban J connectivity index is 2.26. The average molecular weight is 369 g/mol. The van der Waals surface area contributed by atoms with Crippen LogP contribution in [0.1, 0.15) is 31.9 Å². The van der Waals surface area contributed by atoms with Crippen molar-refractivity contribution < 1.29 is 32.2 Å². The van der Waals surface area contributed by atoms with Crippen molar-refractivity contribution in [3.8, 4) is 5.88 Å². The number of alkyl halides is 3. The van der Waals surface area contributed by atoms with E-state index in [9.17, 15) is 22.8 Å². The van der Waals surface area contributed by atoms with Gasteiger partial charge in [-0.2, -0.15) is 13.2 Å². The lowest BCUT2D eigenvalue weighted by Crippen LogP contribution is -2.27. The number of hydrogen-bond donors (Lipinski definition) is 0. The standard InChI is InChI=1S/C18H18F3NO4/c1-17(2,3)26-16(24)22-11-13(18(19,20)21)10-14(22)25-15(23)9-12-7-5-4-6-8-12/h4-8,10-11H,9H2,1-3H3. The average Bonchev–Trinajstić information content (AvgIpc) is 2.90. The van der Waals surface area contributed by atoms with Crippen molar-refractivity contribution in [3.63, 3.8) is 0 Å². The minimum absolute atomic E-state index is 0.151. The Bertz CT molecular complexity index is 789. The second kappa shape index (κ2) is 7.23. The number of rotatable bonds is 3. The first-order chi connectivity index (χ1) is 12.0. The van der Waals surface area contributed by atoms with Crippen LogP contribution in [0.3, 0.4) is 0 Å². The molecule has 0 unspecified atom stereocenters. The topological polar surface area (TPSA) is 57.5 Å². The summed E-state index contributed by atoms with van der Waals surface area (Å²) in [5.41, 5.74) is -1.42. The van der Waals surface area contributed by atoms with Crippen molar-refractivity contribution in [2.24, 2.45) is 0 Å². The van der Waals surface area contributed by atoms with Gasteiger partial charge in [0.1, 0.15) is 5.60 Å².